The molecule has 0 amide bonds. The fourth-order valence-corrected chi connectivity index (χ4v) is 17.6. The van der Waals surface area contributed by atoms with Crippen molar-refractivity contribution in [3.8, 4) is 23.0 Å². The van der Waals surface area contributed by atoms with E-state index in [4.69, 9.17) is 142 Å². The molecular weight excluding hydrogens is 1500 g/mol. The number of halogens is 2. The summed E-state index contributed by atoms with van der Waals surface area (Å²) < 4.78 is 155. The van der Waals surface area contributed by atoms with E-state index < -0.39 is 236 Å². The lowest BCUT2D eigenvalue weighted by atomic mass is 9.85. The van der Waals surface area contributed by atoms with Gasteiger partial charge in [0, 0.05) is 52.1 Å². The van der Waals surface area contributed by atoms with Gasteiger partial charge in [-0.3, -0.25) is 10.1 Å². The number of methoxy groups -OCH3 is 4. The van der Waals surface area contributed by atoms with Crippen molar-refractivity contribution in [2.45, 2.75) is 309 Å². The van der Waals surface area contributed by atoms with Crippen molar-refractivity contribution in [3.63, 3.8) is 0 Å². The van der Waals surface area contributed by atoms with Crippen LogP contribution in [0.4, 0.5) is 0 Å². The maximum Gasteiger partial charge on any atom is 0.342 e. The summed E-state index contributed by atoms with van der Waals surface area (Å²) in [5, 5.41) is 91.6. The van der Waals surface area contributed by atoms with Gasteiger partial charge in [-0.15, -0.1) is 0 Å². The van der Waals surface area contributed by atoms with Crippen molar-refractivity contribution in [2.75, 3.05) is 48.4 Å². The highest BCUT2D eigenvalue weighted by atomic mass is 35.5. The third kappa shape index (κ3) is 15.4. The van der Waals surface area contributed by atoms with Gasteiger partial charge in [0.2, 0.25) is 0 Å². The molecule has 34 atom stereocenters. The number of nitro groups is 1. The molecule has 7 N–H and O–H groups in total. The molecule has 0 radical (unpaired) electrons. The molecule has 11 fully saturated rings. The molecule has 11 saturated heterocycles. The first-order valence-electron chi connectivity index (χ1n) is 36.2. The summed E-state index contributed by atoms with van der Waals surface area (Å²) in [6.07, 6.45) is -35.5. The van der Waals surface area contributed by atoms with Crippen LogP contribution in [-0.4, -0.2) is 308 Å². The van der Waals surface area contributed by atoms with Gasteiger partial charge in [0.15, 0.2) is 73.7 Å². The molecule has 2 spiro atoms. The van der Waals surface area contributed by atoms with Crippen molar-refractivity contribution < 1.29 is 169 Å². The van der Waals surface area contributed by atoms with Crippen LogP contribution in [0.1, 0.15) is 119 Å². The lowest BCUT2D eigenvalue weighted by molar-refractivity contribution is -0.595. The maximum absolute atomic E-state index is 14.3. The molecule has 612 valence electrons. The van der Waals surface area contributed by atoms with E-state index in [1.165, 1.54) is 55.3 Å². The van der Waals surface area contributed by atoms with Gasteiger partial charge in [-0.25, -0.2) is 9.59 Å². The highest BCUT2D eigenvalue weighted by Gasteiger charge is 2.69. The average molecular weight is 1600 g/mol. The van der Waals surface area contributed by atoms with Gasteiger partial charge < -0.3 is 154 Å². The molecule has 2 aromatic rings. The molecule has 11 heterocycles. The van der Waals surface area contributed by atoms with Crippen LogP contribution in [0, 0.1) is 24.0 Å². The summed E-state index contributed by atoms with van der Waals surface area (Å²) in [6, 6.07) is 2.30. The van der Waals surface area contributed by atoms with E-state index in [0.29, 0.717) is 0 Å². The minimum absolute atomic E-state index is 0.0204. The SMILES string of the molecule is CCC1OC(OC2OCC3O[C@@]4(OCC(OC(=O)c5c(C)cc(O)cc5O)C5OCOC54)OC3C2O)C(OC)C(O)[C@@H]1O[C@@H]1OC(C)C(OC)C(OC2C[C@@]3(C)OC4(CC(O)[C@H](OC5CC(OC6CC(C)([N+](=O)[O-])C(OC)C(C)O6)C(OC(=O)c6c(C)c(Cl)c(O)c(Cl)c6OC)C(C)O5)C(C)O4)O[C@@H]3C(C)O2)[C@H]1O. The lowest BCUT2D eigenvalue weighted by Crippen LogP contribution is -2.65. The summed E-state index contributed by atoms with van der Waals surface area (Å²) in [5.74, 6) is -7.23. The zero-order chi connectivity index (χ0) is 78.6. The number of ether oxygens (including phenoxy) is 25. The number of aryl methyl sites for hydroxylation is 1. The Labute approximate surface area is 636 Å². The molecule has 0 aromatic heterocycles. The smallest absolute Gasteiger partial charge is 0.342 e. The van der Waals surface area contributed by atoms with Crippen LogP contribution in [0.25, 0.3) is 0 Å². The number of nitrogens with zero attached hydrogens (tertiary/aromatic N) is 1. The van der Waals surface area contributed by atoms with E-state index in [2.05, 4.69) is 0 Å². The zero-order valence-electron chi connectivity index (χ0n) is 62.3. The molecule has 109 heavy (non-hydrogen) atoms. The van der Waals surface area contributed by atoms with Gasteiger partial charge in [0.25, 0.3) is 11.5 Å². The number of rotatable bonds is 20. The lowest BCUT2D eigenvalue weighted by Gasteiger charge is -2.49. The number of phenolic OH excluding ortho intramolecular Hbond substituents is 3. The number of hydrogen-bond donors (Lipinski definition) is 7. The maximum atomic E-state index is 14.3. The second-order valence-corrected chi connectivity index (χ2v) is 30.5. The number of aliphatic hydroxyl groups is 4. The summed E-state index contributed by atoms with van der Waals surface area (Å²) in [6.45, 7) is 15.4. The summed E-state index contributed by atoms with van der Waals surface area (Å²) in [7, 11) is 5.31. The Balaban J connectivity index is 0.632. The Hall–Kier alpha value is -4.48. The first kappa shape index (κ1) is 82.5. The normalized spacial score (nSPS) is 45.6. The Morgan fingerprint density at radius 1 is 0.615 bits per heavy atom. The van der Waals surface area contributed by atoms with Crippen molar-refractivity contribution in [3.05, 3.63) is 54.5 Å². The number of benzene rings is 2. The summed E-state index contributed by atoms with van der Waals surface area (Å²) in [4.78, 5) is 39.8. The predicted molar refractivity (Wildman–Crippen MR) is 360 cm³/mol. The van der Waals surface area contributed by atoms with Crippen LogP contribution < -0.4 is 4.74 Å². The van der Waals surface area contributed by atoms with Crippen molar-refractivity contribution in [1.29, 1.82) is 0 Å². The van der Waals surface area contributed by atoms with Gasteiger partial charge >= 0.3 is 17.9 Å². The predicted octanol–water partition coefficient (Wildman–Crippen LogP) is 3.05. The highest BCUT2D eigenvalue weighted by Crippen LogP contribution is 2.53. The van der Waals surface area contributed by atoms with Gasteiger partial charge in [-0.05, 0) is 79.0 Å². The van der Waals surface area contributed by atoms with Crippen LogP contribution >= 0.6 is 23.2 Å². The van der Waals surface area contributed by atoms with E-state index in [9.17, 15) is 55.4 Å². The molecular formula is C70H97Cl2NO36. The first-order valence-corrected chi connectivity index (χ1v) is 37.0. The van der Waals surface area contributed by atoms with Crippen molar-refractivity contribution in [1.82, 2.24) is 0 Å². The zero-order valence-corrected chi connectivity index (χ0v) is 63.8. The number of carbonyl (C=O) groups excluding carboxylic acids is 2. The molecule has 39 heteroatoms. The van der Waals surface area contributed by atoms with Crippen LogP contribution in [0.3, 0.4) is 0 Å². The number of fused-ring (bicyclic) bond motifs is 4. The standard InChI is InChI=1S/C70H97Cl2NO36/c1-15-35-53(47(78)58(87-13)66(99-35)104-64-48(79)54-38(22-89-64)106-70(107-54)61-55(90-24-91-61)37(23-92-70)98-62(81)42-25(2)16-32(74)17-33(42)75)103-65-49(80)57(52(85-11)28(5)96-65)101-41-21-68(10)60(31(8)95-41)108-69(109-68)19-34(76)50(29(6)105-69)100-39-18-36(97-40-20-67(9,73(83)84)59(88-14)30(7)94-40)51(27(4)93-39)102-63(82)43-26(3)44(71)46(77)45(72)56(43)86-12/h16-17,27-31,34-41,47-55,57-61,64-66,74-80H,15,18-24H2,1-14H3/t27?,28?,29?,30?,31?,34?,35?,36?,37?,38?,39?,40?,41?,47?,48?,49-,50-,51?,52?,53-,54?,55?,57?,58?,59?,60-,61?,64?,65+,66?,67?,68-,69?,70-/m1/s1. The monoisotopic (exact) mass is 1600 g/mol. The fourth-order valence-electron chi connectivity index (χ4n) is 17.1. The summed E-state index contributed by atoms with van der Waals surface area (Å²) in [5.41, 5.74) is -2.96. The summed E-state index contributed by atoms with van der Waals surface area (Å²) >= 11 is 12.8. The Morgan fingerprint density at radius 2 is 1.30 bits per heavy atom. The quantitative estimate of drug-likeness (QED) is 0.0569. The topological polar surface area (TPSA) is 450 Å². The second kappa shape index (κ2) is 32.3. The molecule has 13 rings (SSSR count). The van der Waals surface area contributed by atoms with E-state index in [1.807, 2.05) is 0 Å². The van der Waals surface area contributed by atoms with Crippen LogP contribution in [0.5, 0.6) is 23.0 Å². The van der Waals surface area contributed by atoms with E-state index in [0.717, 1.165) is 6.07 Å². The Kier molecular flexibility index (Phi) is 24.5. The first-order chi connectivity index (χ1) is 51.6. The van der Waals surface area contributed by atoms with Crippen molar-refractivity contribution >= 4 is 35.1 Å². The number of aliphatic hydroxyl groups excluding tert-OH is 4. The number of phenols is 3. The van der Waals surface area contributed by atoms with Crippen LogP contribution in [0.15, 0.2) is 12.1 Å². The van der Waals surface area contributed by atoms with E-state index >= 15 is 0 Å². The molecule has 2 aromatic carbocycles. The number of aromatic hydroxyl groups is 3. The molecule has 11 aliphatic heterocycles. The van der Waals surface area contributed by atoms with Crippen LogP contribution in [0.2, 0.25) is 10.0 Å². The van der Waals surface area contributed by atoms with E-state index in [-0.39, 0.29) is 95.9 Å². The van der Waals surface area contributed by atoms with Crippen LogP contribution in [-0.2, 0) is 114 Å². The molecule has 11 aliphatic rings. The average Bonchev–Trinajstić information content (AvgIpc) is 1.61. The molecule has 37 nitrogen and oxygen atoms in total. The second-order valence-electron chi connectivity index (χ2n) is 29.8. The largest absolute Gasteiger partial charge is 0.508 e. The van der Waals surface area contributed by atoms with Gasteiger partial charge in [-0.1, -0.05) is 30.1 Å². The molecule has 27 unspecified atom stereocenters. The number of carbonyl (C=O) groups is 2. The number of esters is 2. The highest BCUT2D eigenvalue weighted by molar-refractivity contribution is 6.39. The van der Waals surface area contributed by atoms with E-state index in [1.54, 1.807) is 48.5 Å². The number of hydrogen-bond acceptors (Lipinski definition) is 36. The molecule has 0 aliphatic carbocycles. The third-order valence-electron chi connectivity index (χ3n) is 22.4. The Morgan fingerprint density at radius 3 is 1.98 bits per heavy atom. The van der Waals surface area contributed by atoms with Gasteiger partial charge in [0.1, 0.15) is 119 Å². The molecule has 0 saturated carbocycles. The Bertz CT molecular complexity index is 3570. The minimum Gasteiger partial charge on any atom is -0.508 e. The molecule has 0 bridgehead atoms. The van der Waals surface area contributed by atoms with Gasteiger partial charge in [0.05, 0.1) is 80.9 Å². The van der Waals surface area contributed by atoms with Gasteiger partial charge in [-0.2, -0.15) is 0 Å². The minimum atomic E-state index is -1.97. The third-order valence-corrected chi connectivity index (χ3v) is 23.2. The van der Waals surface area contributed by atoms with Crippen molar-refractivity contribution in [2.24, 2.45) is 0 Å². The fraction of sp³-hybridized carbons (Fsp3) is 0.800.